The third kappa shape index (κ3) is 14.7. The van der Waals surface area contributed by atoms with E-state index in [9.17, 15) is 9.90 Å². The largest absolute Gasteiger partial charge is 0.447 e. The lowest BCUT2D eigenvalue weighted by molar-refractivity contribution is -0.253. The minimum Gasteiger partial charge on any atom is -0.447 e. The number of ether oxygens (including phenoxy) is 5. The second kappa shape index (κ2) is 23.0. The van der Waals surface area contributed by atoms with Crippen LogP contribution >= 0.6 is 0 Å². The first-order valence-electron chi connectivity index (χ1n) is 15.3. The summed E-state index contributed by atoms with van der Waals surface area (Å²) in [5.41, 5.74) is 0. The Labute approximate surface area is 227 Å². The van der Waals surface area contributed by atoms with Crippen molar-refractivity contribution in [1.29, 1.82) is 0 Å². The molecule has 8 nitrogen and oxygen atoms in total. The van der Waals surface area contributed by atoms with Gasteiger partial charge in [0.2, 0.25) is 0 Å². The quantitative estimate of drug-likeness (QED) is 0.161. The second-order valence-electron chi connectivity index (χ2n) is 10.3. The molecule has 2 N–H and O–H groups in total. The predicted molar refractivity (Wildman–Crippen MR) is 147 cm³/mol. The van der Waals surface area contributed by atoms with Crippen LogP contribution in [0.5, 0.6) is 0 Å². The lowest BCUT2D eigenvalue weighted by Gasteiger charge is -2.44. The number of alkyl carbamates (subject to hydrolysis) is 1. The van der Waals surface area contributed by atoms with Crippen LogP contribution in [0.1, 0.15) is 110 Å². The van der Waals surface area contributed by atoms with Crippen molar-refractivity contribution in [1.82, 2.24) is 5.31 Å². The fourth-order valence-electron chi connectivity index (χ4n) is 5.14. The first kappa shape index (κ1) is 32.3. The Hall–Kier alpha value is -0.930. The molecule has 0 spiro atoms. The molecule has 0 aromatic rings. The topological polar surface area (TPSA) is 95.5 Å². The zero-order chi connectivity index (χ0) is 28.0. The molecule has 0 aliphatic carbocycles. The molecule has 37 heavy (non-hydrogen) atoms. The molecule has 1 aliphatic heterocycles. The standard InChI is InChI=1S/C29H57NO7/c1-5-6-7-8-9-10-11-12-13-14-15-16-17-18-19-20-21-30-29(32)36-23-25-27(34-3)28(35-4)26(33-2)24(22-31)37-25/h24-28,31H,5-23H2,1-4H3,(H,30,32)/t24-,25-,26+,27-,28-/m1/s1/i/hD. The molecule has 8 heteroatoms. The number of rotatable bonds is 23. The van der Waals surface area contributed by atoms with Gasteiger partial charge in [0.25, 0.3) is 0 Å². The Morgan fingerprint density at radius 1 is 0.730 bits per heavy atom. The monoisotopic (exact) mass is 532 g/mol. The number of nitrogens with one attached hydrogen (secondary N) is 1. The molecule has 0 unspecified atom stereocenters. The molecule has 1 rings (SSSR count). The number of aliphatic hydroxyl groups is 1. The van der Waals surface area contributed by atoms with Crippen molar-refractivity contribution >= 4 is 6.09 Å². The van der Waals surface area contributed by atoms with Gasteiger partial charge in [-0.2, -0.15) is 0 Å². The average molecular weight is 533 g/mol. The first-order chi connectivity index (χ1) is 18.5. The van der Waals surface area contributed by atoms with E-state index in [2.05, 4.69) is 6.92 Å². The second-order valence-corrected chi connectivity index (χ2v) is 10.3. The number of methoxy groups -OCH3 is 3. The minimum absolute atomic E-state index is 0.0987. The summed E-state index contributed by atoms with van der Waals surface area (Å²) in [5, 5.41) is 10.5. The van der Waals surface area contributed by atoms with Crippen LogP contribution in [-0.4, -0.2) is 82.8 Å². The lowest BCUT2D eigenvalue weighted by atomic mass is 9.95. The van der Waals surface area contributed by atoms with Crippen LogP contribution in [0, 0.1) is 0 Å². The normalized spacial score (nSPS) is 24.1. The molecular weight excluding hydrogens is 474 g/mol. The molecule has 1 fully saturated rings. The van der Waals surface area contributed by atoms with Crippen molar-refractivity contribution in [3.05, 3.63) is 0 Å². The number of amides is 1. The third-order valence-corrected chi connectivity index (χ3v) is 7.35. The molecule has 0 aromatic carbocycles. The Morgan fingerprint density at radius 2 is 1.16 bits per heavy atom. The summed E-state index contributed by atoms with van der Waals surface area (Å²) in [7, 11) is 4.58. The Balaban J connectivity index is 2.09. The summed E-state index contributed by atoms with van der Waals surface area (Å²) in [6.45, 7) is 2.24. The van der Waals surface area contributed by atoms with Gasteiger partial charge in [0.15, 0.2) is 1.41 Å². The number of carbonyl (C=O) groups excluding carboxylic acids is 1. The maximum Gasteiger partial charge on any atom is 0.407 e. The highest BCUT2D eigenvalue weighted by Crippen LogP contribution is 2.27. The van der Waals surface area contributed by atoms with E-state index in [1.165, 1.54) is 105 Å². The number of hydrogen-bond acceptors (Lipinski definition) is 7. The molecular formula is C29H57NO7. The van der Waals surface area contributed by atoms with Gasteiger partial charge in [-0.25, -0.2) is 4.79 Å². The summed E-state index contributed by atoms with van der Waals surface area (Å²) in [5.74, 6) is 0. The van der Waals surface area contributed by atoms with Crippen molar-refractivity contribution in [2.24, 2.45) is 0 Å². The summed E-state index contributed by atoms with van der Waals surface area (Å²) in [4.78, 5) is 12.3. The zero-order valence-corrected chi connectivity index (χ0v) is 24.2. The van der Waals surface area contributed by atoms with Gasteiger partial charge < -0.3 is 34.1 Å². The van der Waals surface area contributed by atoms with Gasteiger partial charge in [-0.3, -0.25) is 0 Å². The van der Waals surface area contributed by atoms with Gasteiger partial charge >= 0.3 is 6.09 Å². The average Bonchev–Trinajstić information content (AvgIpc) is 2.94. The van der Waals surface area contributed by atoms with Crippen LogP contribution in [0.4, 0.5) is 4.79 Å². The summed E-state index contributed by atoms with van der Waals surface area (Å²) >= 11 is 0. The Kier molecular flexibility index (Phi) is 20.1. The molecule has 0 bridgehead atoms. The predicted octanol–water partition coefficient (Wildman–Crippen LogP) is 5.78. The highest BCUT2D eigenvalue weighted by atomic mass is 16.6. The lowest BCUT2D eigenvalue weighted by Crippen LogP contribution is -2.61. The molecule has 1 heterocycles. The van der Waals surface area contributed by atoms with E-state index in [1.807, 2.05) is 0 Å². The highest BCUT2D eigenvalue weighted by Gasteiger charge is 2.47. The van der Waals surface area contributed by atoms with Crippen molar-refractivity contribution < 1.29 is 35.0 Å². The van der Waals surface area contributed by atoms with E-state index in [4.69, 9.17) is 25.1 Å². The fourth-order valence-corrected chi connectivity index (χ4v) is 5.14. The Bertz CT molecular complexity index is 571. The van der Waals surface area contributed by atoms with Gasteiger partial charge in [0.1, 0.15) is 37.1 Å². The van der Waals surface area contributed by atoms with Crippen LogP contribution in [0.15, 0.2) is 0 Å². The maximum atomic E-state index is 12.3. The third-order valence-electron chi connectivity index (χ3n) is 7.35. The van der Waals surface area contributed by atoms with E-state index < -0.39 is 36.6 Å². The van der Waals surface area contributed by atoms with E-state index >= 15 is 0 Å². The number of hydrogen-bond donors (Lipinski definition) is 2. The number of carbonyl (C=O) groups is 1. The molecule has 0 aromatic heterocycles. The molecule has 1 amide bonds. The fraction of sp³-hybridized carbons (Fsp3) is 0.966. The van der Waals surface area contributed by atoms with Crippen LogP contribution in [0.3, 0.4) is 0 Å². The maximum absolute atomic E-state index is 12.3. The summed E-state index contributed by atoms with van der Waals surface area (Å²) < 4.78 is 35.7. The van der Waals surface area contributed by atoms with Gasteiger partial charge in [-0.05, 0) is 6.42 Å². The van der Waals surface area contributed by atoms with Crippen molar-refractivity contribution in [2.75, 3.05) is 41.1 Å². The van der Waals surface area contributed by atoms with Crippen LogP contribution in [0.2, 0.25) is 1.41 Å². The van der Waals surface area contributed by atoms with Crippen LogP contribution in [-0.2, 0) is 23.7 Å². The smallest absolute Gasteiger partial charge is 0.407 e. The molecule has 0 saturated carbocycles. The molecule has 220 valence electrons. The van der Waals surface area contributed by atoms with E-state index in [-0.39, 0.29) is 13.2 Å². The number of unbranched alkanes of at least 4 members (excludes halogenated alkanes) is 15. The van der Waals surface area contributed by atoms with Crippen molar-refractivity contribution in [3.63, 3.8) is 0 Å². The van der Waals surface area contributed by atoms with E-state index in [1.54, 1.807) is 0 Å². The first-order valence-corrected chi connectivity index (χ1v) is 14.8. The molecule has 1 saturated heterocycles. The van der Waals surface area contributed by atoms with E-state index in [0.29, 0.717) is 6.54 Å². The van der Waals surface area contributed by atoms with Gasteiger partial charge in [0.05, 0.1) is 6.61 Å². The number of aliphatic hydroxyl groups excluding tert-OH is 1. The SMILES string of the molecule is [2H]N(CCCCCCCCCCCCCCCCCC)C(=O)OC[C@H]1O[C@H](CO)[C@H](OC)[C@@H](OC)[C@@H]1OC. The minimum atomic E-state index is -0.715. The molecule has 1 aliphatic rings. The summed E-state index contributed by atoms with van der Waals surface area (Å²) in [6, 6.07) is 0. The highest BCUT2D eigenvalue weighted by molar-refractivity contribution is 5.67. The summed E-state index contributed by atoms with van der Waals surface area (Å²) in [6.07, 6.45) is 17.0. The van der Waals surface area contributed by atoms with Gasteiger partial charge in [-0.1, -0.05) is 103 Å². The van der Waals surface area contributed by atoms with Crippen LogP contribution in [0.25, 0.3) is 0 Å². The van der Waals surface area contributed by atoms with Gasteiger partial charge in [-0.15, -0.1) is 0 Å². The van der Waals surface area contributed by atoms with Crippen LogP contribution < -0.4 is 5.31 Å². The van der Waals surface area contributed by atoms with Gasteiger partial charge in [0, 0.05) is 27.9 Å². The Morgan fingerprint density at radius 3 is 1.59 bits per heavy atom. The molecule has 5 atom stereocenters. The van der Waals surface area contributed by atoms with E-state index in [0.717, 1.165) is 24.6 Å². The van der Waals surface area contributed by atoms with Crippen molar-refractivity contribution in [2.45, 2.75) is 140 Å². The van der Waals surface area contributed by atoms with Crippen molar-refractivity contribution in [3.8, 4) is 0 Å². The zero-order valence-electron chi connectivity index (χ0n) is 25.2. The molecule has 0 radical (unpaired) electrons.